The maximum absolute atomic E-state index is 11.3. The number of unbranched alkanes of at least 4 members (excludes halogenated alkanes) is 3. The molecule has 0 spiro atoms. The van der Waals surface area contributed by atoms with E-state index in [4.69, 9.17) is 15.2 Å². The minimum atomic E-state index is -0.403. The molecule has 17 heavy (non-hydrogen) atoms. The van der Waals surface area contributed by atoms with Crippen molar-refractivity contribution in [2.24, 2.45) is 5.73 Å². The molecule has 102 valence electrons. The average Bonchev–Trinajstić information content (AvgIpc) is 2.19. The smallest absolute Gasteiger partial charge is 0.308 e. The zero-order valence-electron chi connectivity index (χ0n) is 11.5. The normalized spacial score (nSPS) is 11.5. The van der Waals surface area contributed by atoms with Crippen molar-refractivity contribution in [2.45, 2.75) is 58.5 Å². The molecule has 0 amide bonds. The predicted octanol–water partition coefficient (Wildman–Crippen LogP) is 2.25. The summed E-state index contributed by atoms with van der Waals surface area (Å²) >= 11 is 0. The molecule has 0 aromatic heterocycles. The van der Waals surface area contributed by atoms with Gasteiger partial charge in [-0.2, -0.15) is 0 Å². The Kier molecular flexibility index (Phi) is 9.09. The molecule has 0 saturated carbocycles. The Morgan fingerprint density at radius 3 is 2.29 bits per heavy atom. The van der Waals surface area contributed by atoms with Gasteiger partial charge < -0.3 is 15.2 Å². The zero-order valence-corrected chi connectivity index (χ0v) is 11.5. The fourth-order valence-electron chi connectivity index (χ4n) is 1.35. The van der Waals surface area contributed by atoms with E-state index >= 15 is 0 Å². The maximum atomic E-state index is 11.3. The first-order valence-electron chi connectivity index (χ1n) is 6.45. The van der Waals surface area contributed by atoms with Crippen molar-refractivity contribution in [1.82, 2.24) is 0 Å². The van der Waals surface area contributed by atoms with Gasteiger partial charge in [0.05, 0.1) is 13.0 Å². The molecule has 0 aromatic carbocycles. The predicted molar refractivity (Wildman–Crippen MR) is 68.8 cm³/mol. The second-order valence-corrected chi connectivity index (χ2v) is 5.15. The second-order valence-electron chi connectivity index (χ2n) is 5.15. The van der Waals surface area contributed by atoms with Crippen molar-refractivity contribution in [1.29, 1.82) is 0 Å². The molecule has 4 nitrogen and oxygen atoms in total. The number of hydrogen-bond donors (Lipinski definition) is 1. The Labute approximate surface area is 105 Å². The lowest BCUT2D eigenvalue weighted by Crippen LogP contribution is -2.24. The van der Waals surface area contributed by atoms with E-state index in [0.717, 1.165) is 32.2 Å². The van der Waals surface area contributed by atoms with Gasteiger partial charge in [-0.15, -0.1) is 0 Å². The molecule has 4 heteroatoms. The standard InChI is InChI=1S/C13H27NO3/c1-13(2,3)17-12(15)8-11-16-10-7-5-4-6-9-14/h4-11,14H2,1-3H3. The van der Waals surface area contributed by atoms with Gasteiger partial charge in [-0.1, -0.05) is 12.8 Å². The molecule has 0 aliphatic heterocycles. The monoisotopic (exact) mass is 245 g/mol. The van der Waals surface area contributed by atoms with Crippen LogP contribution >= 0.6 is 0 Å². The molecule has 0 fully saturated rings. The summed E-state index contributed by atoms with van der Waals surface area (Å²) in [7, 11) is 0. The van der Waals surface area contributed by atoms with E-state index in [0.29, 0.717) is 19.6 Å². The van der Waals surface area contributed by atoms with Crippen LogP contribution in [0, 0.1) is 0 Å². The van der Waals surface area contributed by atoms with E-state index in [-0.39, 0.29) is 5.97 Å². The van der Waals surface area contributed by atoms with Gasteiger partial charge in [-0.3, -0.25) is 4.79 Å². The quantitative estimate of drug-likeness (QED) is 0.500. The summed E-state index contributed by atoms with van der Waals surface area (Å²) in [5, 5.41) is 0. The fraction of sp³-hybridized carbons (Fsp3) is 0.923. The fourth-order valence-corrected chi connectivity index (χ4v) is 1.35. The van der Waals surface area contributed by atoms with Gasteiger partial charge in [0.2, 0.25) is 0 Å². The molecular weight excluding hydrogens is 218 g/mol. The third-order valence-corrected chi connectivity index (χ3v) is 2.11. The molecule has 0 aliphatic rings. The number of carbonyl (C=O) groups excluding carboxylic acids is 1. The Morgan fingerprint density at radius 2 is 1.71 bits per heavy atom. The highest BCUT2D eigenvalue weighted by Gasteiger charge is 2.15. The Balaban J connectivity index is 3.25. The average molecular weight is 245 g/mol. The van der Waals surface area contributed by atoms with Crippen molar-refractivity contribution in [3.63, 3.8) is 0 Å². The molecule has 0 rings (SSSR count). The van der Waals surface area contributed by atoms with Crippen LogP contribution in [0.4, 0.5) is 0 Å². The van der Waals surface area contributed by atoms with Crippen LogP contribution in [0.15, 0.2) is 0 Å². The van der Waals surface area contributed by atoms with E-state index < -0.39 is 5.60 Å². The summed E-state index contributed by atoms with van der Waals surface area (Å²) in [6.45, 7) is 7.52. The zero-order chi connectivity index (χ0) is 13.1. The van der Waals surface area contributed by atoms with Crippen molar-refractivity contribution >= 4 is 5.97 Å². The van der Waals surface area contributed by atoms with Crippen LogP contribution in [-0.4, -0.2) is 31.3 Å². The largest absolute Gasteiger partial charge is 0.460 e. The van der Waals surface area contributed by atoms with Crippen LogP contribution in [0.2, 0.25) is 0 Å². The van der Waals surface area contributed by atoms with E-state index in [1.165, 1.54) is 0 Å². The number of esters is 1. The van der Waals surface area contributed by atoms with Gasteiger partial charge in [0.15, 0.2) is 0 Å². The molecule has 0 atom stereocenters. The van der Waals surface area contributed by atoms with Crippen LogP contribution in [0.25, 0.3) is 0 Å². The van der Waals surface area contributed by atoms with Crippen LogP contribution in [0.3, 0.4) is 0 Å². The van der Waals surface area contributed by atoms with Crippen LogP contribution < -0.4 is 5.73 Å². The first-order valence-corrected chi connectivity index (χ1v) is 6.45. The third kappa shape index (κ3) is 13.3. The topological polar surface area (TPSA) is 61.5 Å². The molecule has 0 aromatic rings. The van der Waals surface area contributed by atoms with Crippen LogP contribution in [0.1, 0.15) is 52.9 Å². The summed E-state index contributed by atoms with van der Waals surface area (Å²) in [5.74, 6) is -0.194. The SMILES string of the molecule is CC(C)(C)OC(=O)CCOCCCCCCN. The summed E-state index contributed by atoms with van der Waals surface area (Å²) in [6, 6.07) is 0. The highest BCUT2D eigenvalue weighted by Crippen LogP contribution is 2.08. The summed E-state index contributed by atoms with van der Waals surface area (Å²) < 4.78 is 10.5. The second kappa shape index (κ2) is 9.42. The number of carbonyl (C=O) groups is 1. The lowest BCUT2D eigenvalue weighted by atomic mass is 10.2. The van der Waals surface area contributed by atoms with E-state index in [1.807, 2.05) is 20.8 Å². The van der Waals surface area contributed by atoms with Gasteiger partial charge in [0.25, 0.3) is 0 Å². The summed E-state index contributed by atoms with van der Waals surface area (Å²) in [4.78, 5) is 11.3. The maximum Gasteiger partial charge on any atom is 0.308 e. The van der Waals surface area contributed by atoms with Crippen molar-refractivity contribution in [3.05, 3.63) is 0 Å². The molecule has 0 saturated heterocycles. The Hall–Kier alpha value is -0.610. The van der Waals surface area contributed by atoms with Gasteiger partial charge in [0, 0.05) is 6.61 Å². The molecular formula is C13H27NO3. The Morgan fingerprint density at radius 1 is 1.06 bits per heavy atom. The third-order valence-electron chi connectivity index (χ3n) is 2.11. The van der Waals surface area contributed by atoms with Crippen LogP contribution in [-0.2, 0) is 14.3 Å². The van der Waals surface area contributed by atoms with Gasteiger partial charge in [-0.25, -0.2) is 0 Å². The van der Waals surface area contributed by atoms with Crippen molar-refractivity contribution in [3.8, 4) is 0 Å². The van der Waals surface area contributed by atoms with Gasteiger partial charge >= 0.3 is 5.97 Å². The molecule has 0 bridgehead atoms. The van der Waals surface area contributed by atoms with E-state index in [9.17, 15) is 4.79 Å². The first kappa shape index (κ1) is 16.4. The highest BCUT2D eigenvalue weighted by atomic mass is 16.6. The highest BCUT2D eigenvalue weighted by molar-refractivity contribution is 5.69. The molecule has 0 unspecified atom stereocenters. The number of rotatable bonds is 9. The molecule has 2 N–H and O–H groups in total. The lowest BCUT2D eigenvalue weighted by Gasteiger charge is -2.19. The minimum absolute atomic E-state index is 0.194. The number of nitrogens with two attached hydrogens (primary N) is 1. The van der Waals surface area contributed by atoms with E-state index in [1.54, 1.807) is 0 Å². The van der Waals surface area contributed by atoms with Gasteiger partial charge in [-0.05, 0) is 40.2 Å². The molecule has 0 radical (unpaired) electrons. The van der Waals surface area contributed by atoms with Crippen LogP contribution in [0.5, 0.6) is 0 Å². The van der Waals surface area contributed by atoms with Crippen molar-refractivity contribution < 1.29 is 14.3 Å². The van der Waals surface area contributed by atoms with Crippen molar-refractivity contribution in [2.75, 3.05) is 19.8 Å². The Bertz CT molecular complexity index is 199. The molecule has 0 aliphatic carbocycles. The lowest BCUT2D eigenvalue weighted by molar-refractivity contribution is -0.156. The minimum Gasteiger partial charge on any atom is -0.460 e. The number of ether oxygens (including phenoxy) is 2. The summed E-state index contributed by atoms with van der Waals surface area (Å²) in [6.07, 6.45) is 4.75. The summed E-state index contributed by atoms with van der Waals surface area (Å²) in [5.41, 5.74) is 4.99. The van der Waals surface area contributed by atoms with Gasteiger partial charge in [0.1, 0.15) is 5.60 Å². The van der Waals surface area contributed by atoms with E-state index in [2.05, 4.69) is 0 Å². The first-order chi connectivity index (χ1) is 7.95. The number of hydrogen-bond acceptors (Lipinski definition) is 4. The molecule has 0 heterocycles.